The third kappa shape index (κ3) is 2.83. The summed E-state index contributed by atoms with van der Waals surface area (Å²) in [5.41, 5.74) is 2.36. The summed E-state index contributed by atoms with van der Waals surface area (Å²) in [6.07, 6.45) is 5.82. The molecule has 1 heterocycles. The number of aryl methyl sites for hydroxylation is 2. The van der Waals surface area contributed by atoms with Crippen LogP contribution in [-0.4, -0.2) is 21.7 Å². The van der Waals surface area contributed by atoms with Crippen LogP contribution in [0.4, 0.5) is 0 Å². The van der Waals surface area contributed by atoms with Gasteiger partial charge in [-0.2, -0.15) is 15.4 Å². The van der Waals surface area contributed by atoms with Crippen molar-refractivity contribution in [2.75, 3.05) is 6.26 Å². The maximum atomic E-state index is 4.02. The fourth-order valence-corrected chi connectivity index (χ4v) is 1.82. The van der Waals surface area contributed by atoms with Crippen LogP contribution in [0, 0.1) is 0 Å². The highest BCUT2D eigenvalue weighted by Crippen LogP contribution is 2.15. The van der Waals surface area contributed by atoms with Crippen LogP contribution in [0.5, 0.6) is 0 Å². The molecule has 2 rings (SSSR count). The molecule has 0 aliphatic rings. The van der Waals surface area contributed by atoms with E-state index in [2.05, 4.69) is 45.9 Å². The lowest BCUT2D eigenvalue weighted by atomic mass is 10.1. The molecule has 1 N–H and O–H groups in total. The maximum absolute atomic E-state index is 4.02. The number of nitrogens with zero attached hydrogens (tertiary/aromatic N) is 2. The Morgan fingerprint density at radius 3 is 2.60 bits per heavy atom. The van der Waals surface area contributed by atoms with Crippen LogP contribution in [0.1, 0.15) is 11.3 Å². The standard InChI is InChI=1S/C11H13N3S/c1-15-11-6-3-9(4-7-11)2-5-10-8-12-14-13-10/h3-4,6-8H,2,5H2,1H3,(H,12,13,14). The van der Waals surface area contributed by atoms with Crippen LogP contribution in [0.3, 0.4) is 0 Å². The third-order valence-electron chi connectivity index (χ3n) is 2.29. The number of H-pyrrole nitrogens is 1. The Morgan fingerprint density at radius 2 is 2.00 bits per heavy atom. The Morgan fingerprint density at radius 1 is 1.20 bits per heavy atom. The van der Waals surface area contributed by atoms with E-state index in [4.69, 9.17) is 0 Å². The minimum Gasteiger partial charge on any atom is -0.198 e. The zero-order valence-corrected chi connectivity index (χ0v) is 9.42. The fraction of sp³-hybridized carbons (Fsp3) is 0.273. The van der Waals surface area contributed by atoms with Gasteiger partial charge in [-0.05, 0) is 36.8 Å². The molecule has 0 aliphatic carbocycles. The highest BCUT2D eigenvalue weighted by Gasteiger charge is 1.98. The number of benzene rings is 1. The maximum Gasteiger partial charge on any atom is 0.0828 e. The minimum absolute atomic E-state index is 0.940. The van der Waals surface area contributed by atoms with Crippen molar-refractivity contribution in [2.24, 2.45) is 0 Å². The Bertz CT molecular complexity index is 394. The van der Waals surface area contributed by atoms with E-state index >= 15 is 0 Å². The van der Waals surface area contributed by atoms with E-state index in [0.29, 0.717) is 0 Å². The lowest BCUT2D eigenvalue weighted by Gasteiger charge is -2.00. The monoisotopic (exact) mass is 219 g/mol. The molecule has 0 atom stereocenters. The van der Waals surface area contributed by atoms with E-state index < -0.39 is 0 Å². The number of hydrogen-bond donors (Lipinski definition) is 1. The molecule has 0 radical (unpaired) electrons. The molecule has 0 spiro atoms. The molecule has 15 heavy (non-hydrogen) atoms. The summed E-state index contributed by atoms with van der Waals surface area (Å²) in [6.45, 7) is 0. The Balaban J connectivity index is 1.93. The lowest BCUT2D eigenvalue weighted by Crippen LogP contribution is -1.91. The zero-order valence-electron chi connectivity index (χ0n) is 8.60. The smallest absolute Gasteiger partial charge is 0.0828 e. The van der Waals surface area contributed by atoms with E-state index in [1.165, 1.54) is 10.5 Å². The summed E-state index contributed by atoms with van der Waals surface area (Å²) < 4.78 is 0. The molecule has 4 heteroatoms. The second kappa shape index (κ2) is 4.98. The molecule has 0 unspecified atom stereocenters. The lowest BCUT2D eigenvalue weighted by molar-refractivity contribution is 0.870. The molecule has 0 aliphatic heterocycles. The predicted octanol–water partition coefficient (Wildman–Crippen LogP) is 2.31. The van der Waals surface area contributed by atoms with Gasteiger partial charge in [-0.1, -0.05) is 12.1 Å². The van der Waals surface area contributed by atoms with Gasteiger partial charge in [0.2, 0.25) is 0 Å². The second-order valence-corrected chi connectivity index (χ2v) is 4.19. The average Bonchev–Trinajstić information content (AvgIpc) is 2.80. The quantitative estimate of drug-likeness (QED) is 0.802. The molecule has 0 amide bonds. The summed E-state index contributed by atoms with van der Waals surface area (Å²) in [5, 5.41) is 10.4. The molecule has 3 nitrogen and oxygen atoms in total. The molecule has 0 bridgehead atoms. The molecule has 1 aromatic heterocycles. The van der Waals surface area contributed by atoms with E-state index in [1.807, 2.05) is 0 Å². The Kier molecular flexibility index (Phi) is 3.40. The van der Waals surface area contributed by atoms with E-state index in [-0.39, 0.29) is 0 Å². The van der Waals surface area contributed by atoms with Crippen molar-refractivity contribution in [3.63, 3.8) is 0 Å². The minimum atomic E-state index is 0.940. The van der Waals surface area contributed by atoms with Gasteiger partial charge in [-0.3, -0.25) is 0 Å². The van der Waals surface area contributed by atoms with Crippen molar-refractivity contribution in [1.82, 2.24) is 15.4 Å². The highest BCUT2D eigenvalue weighted by atomic mass is 32.2. The van der Waals surface area contributed by atoms with Gasteiger partial charge in [-0.25, -0.2) is 0 Å². The summed E-state index contributed by atoms with van der Waals surface area (Å²) >= 11 is 1.77. The molecular formula is C11H13N3S. The van der Waals surface area contributed by atoms with Gasteiger partial charge in [-0.15, -0.1) is 11.8 Å². The summed E-state index contributed by atoms with van der Waals surface area (Å²) in [4.78, 5) is 1.31. The van der Waals surface area contributed by atoms with Gasteiger partial charge in [0.25, 0.3) is 0 Å². The Hall–Kier alpha value is -1.29. The van der Waals surface area contributed by atoms with Gasteiger partial charge in [0.15, 0.2) is 0 Å². The molecule has 2 aromatic rings. The number of nitrogens with one attached hydrogen (secondary N) is 1. The zero-order chi connectivity index (χ0) is 10.5. The van der Waals surface area contributed by atoms with Crippen molar-refractivity contribution in [3.05, 3.63) is 41.7 Å². The largest absolute Gasteiger partial charge is 0.198 e. The molecule has 0 fully saturated rings. The summed E-state index contributed by atoms with van der Waals surface area (Å²) in [5.74, 6) is 0. The van der Waals surface area contributed by atoms with Crippen molar-refractivity contribution in [2.45, 2.75) is 17.7 Å². The van der Waals surface area contributed by atoms with E-state index in [9.17, 15) is 0 Å². The van der Waals surface area contributed by atoms with Gasteiger partial charge < -0.3 is 0 Å². The van der Waals surface area contributed by atoms with Gasteiger partial charge in [0, 0.05) is 4.90 Å². The number of rotatable bonds is 4. The predicted molar refractivity (Wildman–Crippen MR) is 62.0 cm³/mol. The van der Waals surface area contributed by atoms with Crippen LogP contribution in [0.25, 0.3) is 0 Å². The average molecular weight is 219 g/mol. The van der Waals surface area contributed by atoms with Crippen molar-refractivity contribution >= 4 is 11.8 Å². The van der Waals surface area contributed by atoms with Crippen LogP contribution in [-0.2, 0) is 12.8 Å². The topological polar surface area (TPSA) is 41.6 Å². The molecule has 78 valence electrons. The normalized spacial score (nSPS) is 10.5. The van der Waals surface area contributed by atoms with Crippen LogP contribution < -0.4 is 0 Å². The number of thioether (sulfide) groups is 1. The first-order valence-corrected chi connectivity index (χ1v) is 6.08. The molecule has 0 saturated heterocycles. The van der Waals surface area contributed by atoms with Crippen LogP contribution in [0.15, 0.2) is 35.4 Å². The Labute approximate surface area is 93.3 Å². The SMILES string of the molecule is CSc1ccc(CCc2cn[nH]n2)cc1. The molecular weight excluding hydrogens is 206 g/mol. The van der Waals surface area contributed by atoms with Crippen LogP contribution >= 0.6 is 11.8 Å². The first-order valence-electron chi connectivity index (χ1n) is 4.86. The van der Waals surface area contributed by atoms with E-state index in [1.54, 1.807) is 18.0 Å². The number of aromatic amines is 1. The van der Waals surface area contributed by atoms with Crippen molar-refractivity contribution < 1.29 is 0 Å². The van der Waals surface area contributed by atoms with Crippen molar-refractivity contribution in [1.29, 1.82) is 0 Å². The number of hydrogen-bond acceptors (Lipinski definition) is 3. The highest BCUT2D eigenvalue weighted by molar-refractivity contribution is 7.98. The first-order chi connectivity index (χ1) is 7.38. The molecule has 1 aromatic carbocycles. The summed E-state index contributed by atoms with van der Waals surface area (Å²) in [6, 6.07) is 8.66. The summed E-state index contributed by atoms with van der Waals surface area (Å²) in [7, 11) is 0. The van der Waals surface area contributed by atoms with Crippen LogP contribution in [0.2, 0.25) is 0 Å². The van der Waals surface area contributed by atoms with Gasteiger partial charge in [0.1, 0.15) is 0 Å². The fourth-order valence-electron chi connectivity index (χ4n) is 1.41. The second-order valence-electron chi connectivity index (χ2n) is 3.31. The van der Waals surface area contributed by atoms with Gasteiger partial charge >= 0.3 is 0 Å². The molecule has 0 saturated carbocycles. The van der Waals surface area contributed by atoms with Crippen molar-refractivity contribution in [3.8, 4) is 0 Å². The number of aromatic nitrogens is 3. The van der Waals surface area contributed by atoms with E-state index in [0.717, 1.165) is 18.5 Å². The van der Waals surface area contributed by atoms with Gasteiger partial charge in [0.05, 0.1) is 11.9 Å². The third-order valence-corrected chi connectivity index (χ3v) is 3.04. The first kappa shape index (κ1) is 10.2.